The maximum atomic E-state index is 12.1. The van der Waals surface area contributed by atoms with Gasteiger partial charge in [0, 0.05) is 38.4 Å². The normalized spacial score (nSPS) is 29.1. The van der Waals surface area contributed by atoms with Crippen LogP contribution in [0.15, 0.2) is 24.4 Å². The highest BCUT2D eigenvalue weighted by molar-refractivity contribution is 5.77. The van der Waals surface area contributed by atoms with Crippen LogP contribution in [0.4, 0.5) is 0 Å². The van der Waals surface area contributed by atoms with Crippen molar-refractivity contribution in [2.24, 2.45) is 5.92 Å². The number of rotatable bonds is 6. The standard InChI is InChI=1S/C20H29N3O3/c24-20(22-7-3-4-8-22)15-25-14-16-11-18-19(12-16)26-10-9-23(18)13-17-5-1-2-6-21-17/h1-2,5-6,16,18-19H,3-4,7-15H2. The zero-order valence-electron chi connectivity index (χ0n) is 15.4. The van der Waals surface area contributed by atoms with Crippen molar-refractivity contribution < 1.29 is 14.3 Å². The van der Waals surface area contributed by atoms with E-state index in [-0.39, 0.29) is 18.6 Å². The molecule has 1 aromatic rings. The van der Waals surface area contributed by atoms with Crippen LogP contribution >= 0.6 is 0 Å². The van der Waals surface area contributed by atoms with Gasteiger partial charge in [-0.2, -0.15) is 0 Å². The van der Waals surface area contributed by atoms with Crippen molar-refractivity contribution in [1.29, 1.82) is 0 Å². The first-order chi connectivity index (χ1) is 12.8. The largest absolute Gasteiger partial charge is 0.375 e. The van der Waals surface area contributed by atoms with E-state index in [0.717, 1.165) is 64.2 Å². The highest BCUT2D eigenvalue weighted by atomic mass is 16.5. The van der Waals surface area contributed by atoms with E-state index in [1.54, 1.807) is 0 Å². The van der Waals surface area contributed by atoms with E-state index in [2.05, 4.69) is 16.0 Å². The Labute approximate surface area is 155 Å². The Morgan fingerprint density at radius 1 is 1.23 bits per heavy atom. The van der Waals surface area contributed by atoms with Crippen LogP contribution in [0.25, 0.3) is 0 Å². The molecule has 6 nitrogen and oxygen atoms in total. The molecule has 2 aliphatic heterocycles. The van der Waals surface area contributed by atoms with Gasteiger partial charge in [0.05, 0.1) is 25.0 Å². The second-order valence-electron chi connectivity index (χ2n) is 7.71. The molecule has 3 heterocycles. The number of carbonyl (C=O) groups excluding carboxylic acids is 1. The Hall–Kier alpha value is -1.50. The summed E-state index contributed by atoms with van der Waals surface area (Å²) in [5.41, 5.74) is 1.11. The molecule has 26 heavy (non-hydrogen) atoms. The number of hydrogen-bond acceptors (Lipinski definition) is 5. The molecule has 6 heteroatoms. The summed E-state index contributed by atoms with van der Waals surface area (Å²) < 4.78 is 11.8. The molecule has 0 bridgehead atoms. The quantitative estimate of drug-likeness (QED) is 0.774. The first-order valence-electron chi connectivity index (χ1n) is 9.90. The summed E-state index contributed by atoms with van der Waals surface area (Å²) in [7, 11) is 0. The number of likely N-dealkylation sites (tertiary alicyclic amines) is 1. The van der Waals surface area contributed by atoms with Crippen LogP contribution < -0.4 is 0 Å². The van der Waals surface area contributed by atoms with Gasteiger partial charge in [-0.15, -0.1) is 0 Å². The van der Waals surface area contributed by atoms with Crippen LogP contribution in [0.1, 0.15) is 31.4 Å². The van der Waals surface area contributed by atoms with E-state index in [0.29, 0.717) is 18.6 Å². The smallest absolute Gasteiger partial charge is 0.248 e. The van der Waals surface area contributed by atoms with Gasteiger partial charge in [0.15, 0.2) is 0 Å². The van der Waals surface area contributed by atoms with Crippen molar-refractivity contribution in [3.63, 3.8) is 0 Å². The molecule has 1 amide bonds. The molecule has 2 saturated heterocycles. The highest BCUT2D eigenvalue weighted by Crippen LogP contribution is 2.35. The predicted octanol–water partition coefficient (Wildman–Crippen LogP) is 1.70. The predicted molar refractivity (Wildman–Crippen MR) is 97.5 cm³/mol. The van der Waals surface area contributed by atoms with Crippen LogP contribution in [0.5, 0.6) is 0 Å². The zero-order chi connectivity index (χ0) is 17.8. The molecule has 1 aliphatic carbocycles. The number of aromatic nitrogens is 1. The minimum atomic E-state index is 0.144. The molecule has 3 fully saturated rings. The van der Waals surface area contributed by atoms with E-state index in [1.165, 1.54) is 0 Å². The summed E-state index contributed by atoms with van der Waals surface area (Å²) in [6, 6.07) is 6.53. The first-order valence-corrected chi connectivity index (χ1v) is 9.90. The molecule has 0 spiro atoms. The maximum Gasteiger partial charge on any atom is 0.248 e. The number of ether oxygens (including phenoxy) is 2. The average molecular weight is 359 g/mol. The van der Waals surface area contributed by atoms with E-state index in [4.69, 9.17) is 9.47 Å². The minimum absolute atomic E-state index is 0.144. The molecule has 3 aliphatic rings. The third kappa shape index (κ3) is 4.24. The summed E-state index contributed by atoms with van der Waals surface area (Å²) in [6.07, 6.45) is 6.50. The third-order valence-corrected chi connectivity index (χ3v) is 5.88. The molecule has 3 unspecified atom stereocenters. The first kappa shape index (κ1) is 17.9. The van der Waals surface area contributed by atoms with Crippen molar-refractivity contribution in [3.8, 4) is 0 Å². The summed E-state index contributed by atoms with van der Waals surface area (Å²) in [4.78, 5) is 21.0. The Bertz CT molecular complexity index is 591. The molecule has 1 saturated carbocycles. The van der Waals surface area contributed by atoms with Gasteiger partial charge >= 0.3 is 0 Å². The minimum Gasteiger partial charge on any atom is -0.375 e. The second-order valence-corrected chi connectivity index (χ2v) is 7.71. The second kappa shape index (κ2) is 8.46. The number of morpholine rings is 1. The number of pyridine rings is 1. The molecule has 0 N–H and O–H groups in total. The van der Waals surface area contributed by atoms with E-state index in [9.17, 15) is 4.79 Å². The van der Waals surface area contributed by atoms with Gasteiger partial charge in [-0.3, -0.25) is 14.7 Å². The molecule has 3 atom stereocenters. The lowest BCUT2D eigenvalue weighted by Crippen LogP contribution is -2.47. The monoisotopic (exact) mass is 359 g/mol. The van der Waals surface area contributed by atoms with Gasteiger partial charge in [0.1, 0.15) is 6.61 Å². The molecule has 142 valence electrons. The number of fused-ring (bicyclic) bond motifs is 1. The fourth-order valence-electron chi connectivity index (χ4n) is 4.53. The Morgan fingerprint density at radius 3 is 2.92 bits per heavy atom. The zero-order valence-corrected chi connectivity index (χ0v) is 15.4. The number of amides is 1. The van der Waals surface area contributed by atoms with Gasteiger partial charge in [-0.25, -0.2) is 0 Å². The van der Waals surface area contributed by atoms with E-state index in [1.807, 2.05) is 23.2 Å². The van der Waals surface area contributed by atoms with Crippen molar-refractivity contribution in [2.45, 2.75) is 44.4 Å². The molecule has 1 aromatic heterocycles. The third-order valence-electron chi connectivity index (χ3n) is 5.88. The maximum absolute atomic E-state index is 12.1. The molecule has 0 aromatic carbocycles. The van der Waals surface area contributed by atoms with Crippen LogP contribution in [0.2, 0.25) is 0 Å². The Balaban J connectivity index is 1.25. The lowest BCUT2D eigenvalue weighted by molar-refractivity contribution is -0.135. The average Bonchev–Trinajstić information content (AvgIpc) is 3.33. The van der Waals surface area contributed by atoms with Gasteiger partial charge in [-0.05, 0) is 43.7 Å². The van der Waals surface area contributed by atoms with Gasteiger partial charge in [0.25, 0.3) is 0 Å². The van der Waals surface area contributed by atoms with Crippen molar-refractivity contribution in [2.75, 3.05) is 39.5 Å². The Kier molecular flexibility index (Phi) is 5.82. The van der Waals surface area contributed by atoms with Crippen LogP contribution in [0.3, 0.4) is 0 Å². The van der Waals surface area contributed by atoms with E-state index < -0.39 is 0 Å². The molecular weight excluding hydrogens is 330 g/mol. The number of carbonyl (C=O) groups is 1. The summed E-state index contributed by atoms with van der Waals surface area (Å²) in [5.74, 6) is 0.617. The SMILES string of the molecule is O=C(COCC1CC2OCCN(Cc3ccccn3)C2C1)N1CCCC1. The van der Waals surface area contributed by atoms with Gasteiger partial charge in [0.2, 0.25) is 5.91 Å². The highest BCUT2D eigenvalue weighted by Gasteiger charge is 2.41. The van der Waals surface area contributed by atoms with Crippen LogP contribution in [-0.2, 0) is 20.8 Å². The van der Waals surface area contributed by atoms with Gasteiger partial charge < -0.3 is 14.4 Å². The fourth-order valence-corrected chi connectivity index (χ4v) is 4.53. The van der Waals surface area contributed by atoms with E-state index >= 15 is 0 Å². The number of hydrogen-bond donors (Lipinski definition) is 0. The molecule has 0 radical (unpaired) electrons. The number of nitrogens with zero attached hydrogens (tertiary/aromatic N) is 3. The summed E-state index contributed by atoms with van der Waals surface area (Å²) >= 11 is 0. The molecular formula is C20H29N3O3. The molecule has 4 rings (SSSR count). The van der Waals surface area contributed by atoms with Gasteiger partial charge in [-0.1, -0.05) is 6.07 Å². The van der Waals surface area contributed by atoms with Crippen LogP contribution in [-0.4, -0.2) is 72.3 Å². The lowest BCUT2D eigenvalue weighted by Gasteiger charge is -2.37. The lowest BCUT2D eigenvalue weighted by atomic mass is 10.1. The summed E-state index contributed by atoms with van der Waals surface area (Å²) in [5, 5.41) is 0. The van der Waals surface area contributed by atoms with Crippen molar-refractivity contribution in [3.05, 3.63) is 30.1 Å². The fraction of sp³-hybridized carbons (Fsp3) is 0.700. The summed E-state index contributed by atoms with van der Waals surface area (Å²) in [6.45, 7) is 5.30. The Morgan fingerprint density at radius 2 is 2.12 bits per heavy atom. The van der Waals surface area contributed by atoms with Crippen molar-refractivity contribution in [1.82, 2.24) is 14.8 Å². The van der Waals surface area contributed by atoms with Crippen LogP contribution in [0, 0.1) is 5.92 Å². The van der Waals surface area contributed by atoms with Crippen molar-refractivity contribution >= 4 is 5.91 Å². The topological polar surface area (TPSA) is 54.9 Å².